The van der Waals surface area contributed by atoms with E-state index in [9.17, 15) is 22.4 Å². The van der Waals surface area contributed by atoms with Gasteiger partial charge < -0.3 is 10.1 Å². The molecule has 2 N–H and O–H groups in total. The molecule has 1 atom stereocenters. The normalized spacial score (nSPS) is 16.6. The van der Waals surface area contributed by atoms with Gasteiger partial charge in [0.2, 0.25) is 0 Å². The van der Waals surface area contributed by atoms with Crippen molar-refractivity contribution in [1.29, 1.82) is 0 Å². The topological polar surface area (TPSA) is 114 Å². The Bertz CT molecular complexity index is 1110. The summed E-state index contributed by atoms with van der Waals surface area (Å²) in [5.74, 6) is -1.93. The summed E-state index contributed by atoms with van der Waals surface area (Å²) in [6, 6.07) is 9.11. The monoisotopic (exact) mass is 419 g/mol. The maximum atomic E-state index is 13.3. The van der Waals surface area contributed by atoms with Crippen molar-refractivity contribution in [2.45, 2.75) is 24.8 Å². The Morgan fingerprint density at radius 3 is 2.72 bits per heavy atom. The highest BCUT2D eigenvalue weighted by molar-refractivity contribution is 7.90. The van der Waals surface area contributed by atoms with E-state index < -0.39 is 40.4 Å². The highest BCUT2D eigenvalue weighted by Crippen LogP contribution is 2.22. The van der Waals surface area contributed by atoms with Gasteiger partial charge >= 0.3 is 5.97 Å². The first-order chi connectivity index (χ1) is 13.7. The molecule has 29 heavy (non-hydrogen) atoms. The molecule has 2 aromatic carbocycles. The number of benzene rings is 2. The molecule has 0 bridgehead atoms. The number of esters is 1. The number of hydrogen-bond donors (Lipinski definition) is 2. The van der Waals surface area contributed by atoms with Gasteiger partial charge in [0.05, 0.1) is 4.90 Å². The number of amides is 1. The Labute approximate surface area is 166 Å². The van der Waals surface area contributed by atoms with Gasteiger partial charge in [-0.15, -0.1) is 0 Å². The van der Waals surface area contributed by atoms with Crippen molar-refractivity contribution in [3.8, 4) is 0 Å². The molecular weight excluding hydrogens is 401 g/mol. The molecule has 0 saturated heterocycles. The first-order valence-electron chi connectivity index (χ1n) is 8.60. The fourth-order valence-electron chi connectivity index (χ4n) is 2.65. The summed E-state index contributed by atoms with van der Waals surface area (Å²) < 4.78 is 44.6. The Morgan fingerprint density at radius 2 is 1.97 bits per heavy atom. The fourth-order valence-corrected chi connectivity index (χ4v) is 3.89. The summed E-state index contributed by atoms with van der Waals surface area (Å²) in [6.07, 6.45) is 0. The smallest absolute Gasteiger partial charge is 0.331 e. The highest BCUT2D eigenvalue weighted by atomic mass is 32.2. The summed E-state index contributed by atoms with van der Waals surface area (Å²) in [7, 11) is -3.72. The number of fused-ring (bicyclic) bond motifs is 1. The molecular formula is C19H18FN3O5S. The molecule has 8 nitrogen and oxygen atoms in total. The third-order valence-electron chi connectivity index (χ3n) is 4.15. The van der Waals surface area contributed by atoms with Gasteiger partial charge in [0, 0.05) is 11.3 Å². The Kier molecular flexibility index (Phi) is 5.64. The number of sulfonamides is 1. The number of aryl methyl sites for hydroxylation is 1. The summed E-state index contributed by atoms with van der Waals surface area (Å²) in [5, 5.41) is 2.46. The molecule has 0 saturated carbocycles. The van der Waals surface area contributed by atoms with Crippen LogP contribution in [0.3, 0.4) is 0 Å². The number of hydrogen-bond acceptors (Lipinski definition) is 6. The number of ether oxygens (including phenoxy) is 1. The van der Waals surface area contributed by atoms with Crippen molar-refractivity contribution in [3.63, 3.8) is 0 Å². The van der Waals surface area contributed by atoms with E-state index >= 15 is 0 Å². The molecule has 0 unspecified atom stereocenters. The molecule has 1 aliphatic heterocycles. The average molecular weight is 419 g/mol. The second kappa shape index (κ2) is 8.00. The van der Waals surface area contributed by atoms with Crippen LogP contribution in [-0.4, -0.2) is 38.8 Å². The first-order valence-corrected chi connectivity index (χ1v) is 10.1. The van der Waals surface area contributed by atoms with Crippen LogP contribution in [0.5, 0.6) is 0 Å². The van der Waals surface area contributed by atoms with E-state index in [1.807, 2.05) is 0 Å². The Hall–Kier alpha value is -3.27. The molecule has 3 rings (SSSR count). The third-order valence-corrected chi connectivity index (χ3v) is 5.54. The highest BCUT2D eigenvalue weighted by Gasteiger charge is 2.31. The number of amidine groups is 1. The van der Waals surface area contributed by atoms with Gasteiger partial charge in [-0.2, -0.15) is 0 Å². The second-order valence-corrected chi connectivity index (χ2v) is 8.02. The van der Waals surface area contributed by atoms with Gasteiger partial charge in [0.1, 0.15) is 17.7 Å². The van der Waals surface area contributed by atoms with Gasteiger partial charge in [-0.25, -0.2) is 17.6 Å². The number of nitrogens with one attached hydrogen (secondary N) is 2. The zero-order valence-electron chi connectivity index (χ0n) is 15.6. The Morgan fingerprint density at radius 1 is 1.24 bits per heavy atom. The molecule has 2 aromatic rings. The molecule has 0 aliphatic carbocycles. The number of anilines is 1. The summed E-state index contributed by atoms with van der Waals surface area (Å²) in [5.41, 5.74) is 1.28. The predicted octanol–water partition coefficient (Wildman–Crippen LogP) is 1.74. The van der Waals surface area contributed by atoms with Crippen molar-refractivity contribution in [2.24, 2.45) is 4.99 Å². The van der Waals surface area contributed by atoms with Crippen LogP contribution in [0, 0.1) is 12.7 Å². The molecule has 152 valence electrons. The fraction of sp³-hybridized carbons (Fsp3) is 0.211. The van der Waals surface area contributed by atoms with E-state index in [0.717, 1.165) is 6.07 Å². The zero-order valence-corrected chi connectivity index (χ0v) is 16.4. The summed E-state index contributed by atoms with van der Waals surface area (Å²) >= 11 is 0. The van der Waals surface area contributed by atoms with E-state index in [2.05, 4.69) is 15.0 Å². The van der Waals surface area contributed by atoms with Gasteiger partial charge in [0.15, 0.2) is 6.61 Å². The molecule has 0 spiro atoms. The molecule has 0 fully saturated rings. The van der Waals surface area contributed by atoms with Crippen LogP contribution in [0.4, 0.5) is 10.1 Å². The van der Waals surface area contributed by atoms with Crippen LogP contribution in [-0.2, 0) is 24.3 Å². The lowest BCUT2D eigenvalue weighted by Gasteiger charge is -2.11. The lowest BCUT2D eigenvalue weighted by molar-refractivity contribution is -0.148. The van der Waals surface area contributed by atoms with Crippen molar-refractivity contribution >= 4 is 33.4 Å². The molecule has 1 heterocycles. The standard InChI is InChI=1S/C19H18FN3O5S/c1-11-7-8-13(20)9-15(11)22-17(24)10-28-19(25)12(2)21-18-14-5-3-4-6-16(14)29(26,27)23-18/h3-9,12H,10H2,1-2H3,(H,21,23)(H,22,24)/t12-/m1/s1. The SMILES string of the molecule is Cc1ccc(F)cc1NC(=O)COC(=O)[C@@H](C)N=C1NS(=O)(=O)c2ccccc21. The van der Waals surface area contributed by atoms with Gasteiger partial charge in [-0.1, -0.05) is 18.2 Å². The molecule has 1 aliphatic rings. The first kappa shape index (κ1) is 20.5. The van der Waals surface area contributed by atoms with Crippen molar-refractivity contribution in [1.82, 2.24) is 4.72 Å². The Balaban J connectivity index is 1.62. The zero-order chi connectivity index (χ0) is 21.2. The number of nitrogens with zero attached hydrogens (tertiary/aromatic N) is 1. The largest absolute Gasteiger partial charge is 0.454 e. The molecule has 1 amide bonds. The summed E-state index contributed by atoms with van der Waals surface area (Å²) in [6.45, 7) is 2.52. The van der Waals surface area contributed by atoms with E-state index in [4.69, 9.17) is 4.74 Å². The van der Waals surface area contributed by atoms with Crippen LogP contribution < -0.4 is 10.0 Å². The molecule has 0 radical (unpaired) electrons. The average Bonchev–Trinajstić information content (AvgIpc) is 2.93. The van der Waals surface area contributed by atoms with Crippen LogP contribution in [0.2, 0.25) is 0 Å². The molecule has 0 aromatic heterocycles. The van der Waals surface area contributed by atoms with E-state index in [-0.39, 0.29) is 16.4 Å². The van der Waals surface area contributed by atoms with E-state index in [0.29, 0.717) is 11.1 Å². The minimum absolute atomic E-state index is 0.0323. The number of carbonyl (C=O) groups excluding carboxylic acids is 2. The maximum absolute atomic E-state index is 13.3. The number of aliphatic imine (C=N–C) groups is 1. The van der Waals surface area contributed by atoms with E-state index in [1.165, 1.54) is 25.1 Å². The lowest BCUT2D eigenvalue weighted by Crippen LogP contribution is -2.29. The third kappa shape index (κ3) is 4.60. The van der Waals surface area contributed by atoms with Crippen LogP contribution in [0.15, 0.2) is 52.4 Å². The number of rotatable bonds is 5. The van der Waals surface area contributed by atoms with Crippen molar-refractivity contribution in [3.05, 3.63) is 59.4 Å². The minimum Gasteiger partial charge on any atom is -0.454 e. The van der Waals surface area contributed by atoms with Crippen LogP contribution >= 0.6 is 0 Å². The lowest BCUT2D eigenvalue weighted by atomic mass is 10.2. The minimum atomic E-state index is -3.72. The van der Waals surface area contributed by atoms with E-state index in [1.54, 1.807) is 25.1 Å². The second-order valence-electron chi connectivity index (χ2n) is 6.37. The maximum Gasteiger partial charge on any atom is 0.331 e. The quantitative estimate of drug-likeness (QED) is 0.717. The van der Waals surface area contributed by atoms with Gasteiger partial charge in [-0.3, -0.25) is 14.5 Å². The van der Waals surface area contributed by atoms with Crippen molar-refractivity contribution < 1.29 is 27.1 Å². The van der Waals surface area contributed by atoms with Crippen LogP contribution in [0.1, 0.15) is 18.1 Å². The number of carbonyl (C=O) groups is 2. The van der Waals surface area contributed by atoms with Gasteiger partial charge in [-0.05, 0) is 43.7 Å². The predicted molar refractivity (Wildman–Crippen MR) is 103 cm³/mol. The van der Waals surface area contributed by atoms with Gasteiger partial charge in [0.25, 0.3) is 15.9 Å². The van der Waals surface area contributed by atoms with Crippen molar-refractivity contribution in [2.75, 3.05) is 11.9 Å². The van der Waals surface area contributed by atoms with Crippen LogP contribution in [0.25, 0.3) is 0 Å². The number of halogens is 1. The summed E-state index contributed by atoms with van der Waals surface area (Å²) in [4.78, 5) is 28.2. The molecule has 10 heteroatoms.